The first-order valence-corrected chi connectivity index (χ1v) is 10.4. The largest absolute Gasteiger partial charge is 0.444 e. The number of aromatic nitrogens is 1. The Bertz CT molecular complexity index is 1030. The second-order valence-corrected chi connectivity index (χ2v) is 9.36. The molecule has 2 heterocycles. The molecule has 29 heavy (non-hydrogen) atoms. The van der Waals surface area contributed by atoms with E-state index >= 15 is 4.39 Å². The highest BCUT2D eigenvalue weighted by Gasteiger charge is 2.35. The number of likely N-dealkylation sites (tertiary alicyclic amines) is 1. The molecule has 4 nitrogen and oxygen atoms in total. The van der Waals surface area contributed by atoms with Crippen molar-refractivity contribution in [3.8, 4) is 0 Å². The van der Waals surface area contributed by atoms with E-state index in [0.717, 1.165) is 21.8 Å². The van der Waals surface area contributed by atoms with Crippen LogP contribution in [0.25, 0.3) is 21.8 Å². The molecule has 1 aromatic heterocycles. The fourth-order valence-electron chi connectivity index (χ4n) is 4.03. The minimum Gasteiger partial charge on any atom is -0.444 e. The minimum absolute atomic E-state index is 0.00191. The molecule has 7 heteroatoms. The Morgan fingerprint density at radius 2 is 1.62 bits per heavy atom. The fourth-order valence-corrected chi connectivity index (χ4v) is 4.38. The molecule has 0 N–H and O–H groups in total. The maximum absolute atomic E-state index is 15.3. The van der Waals surface area contributed by atoms with Gasteiger partial charge >= 0.3 is 6.09 Å². The summed E-state index contributed by atoms with van der Waals surface area (Å²) in [5.74, 6) is 0. The van der Waals surface area contributed by atoms with Gasteiger partial charge in [-0.2, -0.15) is 0 Å². The van der Waals surface area contributed by atoms with Gasteiger partial charge in [-0.15, -0.1) is 0 Å². The average molecular weight is 437 g/mol. The van der Waals surface area contributed by atoms with Gasteiger partial charge in [-0.05, 0) is 63.6 Å². The van der Waals surface area contributed by atoms with Crippen LogP contribution in [-0.4, -0.2) is 40.4 Å². The second-order valence-electron chi connectivity index (χ2n) is 8.49. The maximum Gasteiger partial charge on any atom is 0.410 e. The highest BCUT2D eigenvalue weighted by molar-refractivity contribution is 6.33. The lowest BCUT2D eigenvalue weighted by Crippen LogP contribution is -2.47. The number of halogens is 3. The summed E-state index contributed by atoms with van der Waals surface area (Å²) in [4.78, 5) is 13.8. The summed E-state index contributed by atoms with van der Waals surface area (Å²) >= 11 is 12.4. The van der Waals surface area contributed by atoms with Crippen molar-refractivity contribution in [2.45, 2.75) is 45.0 Å². The molecule has 0 aliphatic carbocycles. The lowest BCUT2D eigenvalue weighted by Gasteiger charge is -2.36. The molecule has 4 rings (SSSR count). The summed E-state index contributed by atoms with van der Waals surface area (Å²) in [6, 6.07) is 10.8. The van der Waals surface area contributed by atoms with E-state index in [2.05, 4.69) is 0 Å². The SMILES string of the molecule is CC(C)(C)OC(=O)N1CC[C@H](n2c3ccc(Cl)cc3c3cc(Cl)ccc32)[C@H](F)C1. The number of piperidine rings is 1. The average Bonchev–Trinajstić information content (AvgIpc) is 2.93. The molecule has 1 saturated heterocycles. The summed E-state index contributed by atoms with van der Waals surface area (Å²) in [6.45, 7) is 5.85. The van der Waals surface area contributed by atoms with E-state index < -0.39 is 23.9 Å². The summed E-state index contributed by atoms with van der Waals surface area (Å²) in [6.07, 6.45) is -1.20. The van der Waals surface area contributed by atoms with Gasteiger partial charge in [-0.1, -0.05) is 23.2 Å². The number of fused-ring (bicyclic) bond motifs is 3. The number of alkyl halides is 1. The number of carbonyl (C=O) groups is 1. The van der Waals surface area contributed by atoms with Crippen LogP contribution in [-0.2, 0) is 4.74 Å². The molecule has 0 unspecified atom stereocenters. The van der Waals surface area contributed by atoms with Crippen molar-refractivity contribution in [1.82, 2.24) is 9.47 Å². The number of rotatable bonds is 1. The summed E-state index contributed by atoms with van der Waals surface area (Å²) in [5, 5.41) is 3.12. The third-order valence-electron chi connectivity index (χ3n) is 5.22. The van der Waals surface area contributed by atoms with Crippen LogP contribution in [0.3, 0.4) is 0 Å². The van der Waals surface area contributed by atoms with Crippen LogP contribution in [0, 0.1) is 0 Å². The lowest BCUT2D eigenvalue weighted by atomic mass is 10.0. The van der Waals surface area contributed by atoms with Gasteiger partial charge in [-0.3, -0.25) is 0 Å². The summed E-state index contributed by atoms with van der Waals surface area (Å²) < 4.78 is 22.8. The van der Waals surface area contributed by atoms with Crippen molar-refractivity contribution in [2.24, 2.45) is 0 Å². The molecular weight excluding hydrogens is 414 g/mol. The predicted octanol–water partition coefficient (Wildman–Crippen LogP) is 6.62. The number of carbonyl (C=O) groups excluding carboxylic acids is 1. The van der Waals surface area contributed by atoms with Crippen molar-refractivity contribution in [3.63, 3.8) is 0 Å². The highest BCUT2D eigenvalue weighted by atomic mass is 35.5. The van der Waals surface area contributed by atoms with Crippen LogP contribution >= 0.6 is 23.2 Å². The number of benzene rings is 2. The van der Waals surface area contributed by atoms with Crippen LogP contribution in [0.4, 0.5) is 9.18 Å². The summed E-state index contributed by atoms with van der Waals surface area (Å²) in [7, 11) is 0. The fraction of sp³-hybridized carbons (Fsp3) is 0.409. The summed E-state index contributed by atoms with van der Waals surface area (Å²) in [5.41, 5.74) is 1.21. The first-order chi connectivity index (χ1) is 13.6. The van der Waals surface area contributed by atoms with E-state index in [9.17, 15) is 4.79 Å². The zero-order chi connectivity index (χ0) is 20.9. The van der Waals surface area contributed by atoms with E-state index in [-0.39, 0.29) is 6.54 Å². The van der Waals surface area contributed by atoms with Gasteiger partial charge in [0.15, 0.2) is 0 Å². The molecule has 2 aromatic carbocycles. The Morgan fingerprint density at radius 3 is 2.10 bits per heavy atom. The molecule has 3 aromatic rings. The smallest absolute Gasteiger partial charge is 0.410 e. The van der Waals surface area contributed by atoms with Gasteiger partial charge in [-0.25, -0.2) is 9.18 Å². The second kappa shape index (κ2) is 7.37. The Labute approximate surface area is 179 Å². The molecule has 154 valence electrons. The van der Waals surface area contributed by atoms with Gasteiger partial charge in [0.05, 0.1) is 12.6 Å². The topological polar surface area (TPSA) is 34.5 Å². The van der Waals surface area contributed by atoms with Crippen LogP contribution in [0.15, 0.2) is 36.4 Å². The first-order valence-electron chi connectivity index (χ1n) is 9.65. The molecule has 2 atom stereocenters. The first kappa shape index (κ1) is 20.3. The van der Waals surface area contributed by atoms with E-state index in [1.165, 1.54) is 4.90 Å². The van der Waals surface area contributed by atoms with Gasteiger partial charge in [0.2, 0.25) is 0 Å². The lowest BCUT2D eigenvalue weighted by molar-refractivity contribution is 0.00738. The van der Waals surface area contributed by atoms with Crippen LogP contribution in [0.1, 0.15) is 33.2 Å². The van der Waals surface area contributed by atoms with Gasteiger partial charge in [0, 0.05) is 38.4 Å². The standard InChI is InChI=1S/C22H23Cl2FN2O2/c1-22(2,3)29-21(28)26-9-8-20(17(25)12-26)27-18-6-4-13(23)10-15(18)16-11-14(24)5-7-19(16)27/h4-7,10-11,17,20H,8-9,12H2,1-3H3/t17-,20+/m1/s1. The van der Waals surface area contributed by atoms with Gasteiger partial charge in [0.25, 0.3) is 0 Å². The highest BCUT2D eigenvalue weighted by Crippen LogP contribution is 2.38. The number of ether oxygens (including phenoxy) is 1. The van der Waals surface area contributed by atoms with Crippen molar-refractivity contribution >= 4 is 51.1 Å². The van der Waals surface area contributed by atoms with Gasteiger partial charge < -0.3 is 14.2 Å². The Balaban J connectivity index is 1.71. The molecule has 0 spiro atoms. The Kier molecular flexibility index (Phi) is 5.16. The molecule has 1 aliphatic heterocycles. The quantitative estimate of drug-likeness (QED) is 0.429. The van der Waals surface area contributed by atoms with Gasteiger partial charge in [0.1, 0.15) is 11.8 Å². The molecule has 0 saturated carbocycles. The molecular formula is C22H23Cl2FN2O2. The Hall–Kier alpha value is -1.98. The van der Waals surface area contributed by atoms with E-state index in [1.807, 2.05) is 41.0 Å². The zero-order valence-corrected chi connectivity index (χ0v) is 18.1. The molecule has 1 amide bonds. The van der Waals surface area contributed by atoms with Crippen molar-refractivity contribution in [1.29, 1.82) is 0 Å². The molecule has 0 radical (unpaired) electrons. The van der Waals surface area contributed by atoms with Crippen LogP contribution < -0.4 is 0 Å². The molecule has 1 fully saturated rings. The predicted molar refractivity (Wildman–Crippen MR) is 116 cm³/mol. The minimum atomic E-state index is -1.22. The maximum atomic E-state index is 15.3. The van der Waals surface area contributed by atoms with E-state index in [1.54, 1.807) is 20.8 Å². The monoisotopic (exact) mass is 436 g/mol. The van der Waals surface area contributed by atoms with Crippen molar-refractivity contribution in [2.75, 3.05) is 13.1 Å². The zero-order valence-electron chi connectivity index (χ0n) is 16.6. The third kappa shape index (κ3) is 3.90. The molecule has 1 aliphatic rings. The number of hydrogen-bond donors (Lipinski definition) is 0. The third-order valence-corrected chi connectivity index (χ3v) is 5.69. The Morgan fingerprint density at radius 1 is 1.07 bits per heavy atom. The van der Waals surface area contributed by atoms with Crippen LogP contribution in [0.5, 0.6) is 0 Å². The number of hydrogen-bond acceptors (Lipinski definition) is 2. The van der Waals surface area contributed by atoms with Crippen molar-refractivity contribution in [3.05, 3.63) is 46.4 Å². The normalized spacial score (nSPS) is 20.4. The van der Waals surface area contributed by atoms with Crippen molar-refractivity contribution < 1.29 is 13.9 Å². The molecule has 0 bridgehead atoms. The number of nitrogens with zero attached hydrogens (tertiary/aromatic N) is 2. The van der Waals surface area contributed by atoms with E-state index in [0.29, 0.717) is 23.0 Å². The van der Waals surface area contributed by atoms with Crippen LogP contribution in [0.2, 0.25) is 10.0 Å². The van der Waals surface area contributed by atoms with E-state index in [4.69, 9.17) is 27.9 Å². The number of amides is 1.